The van der Waals surface area contributed by atoms with E-state index in [9.17, 15) is 4.79 Å². The summed E-state index contributed by atoms with van der Waals surface area (Å²) in [6.45, 7) is 2.93. The van der Waals surface area contributed by atoms with Crippen molar-refractivity contribution in [3.8, 4) is 0 Å². The van der Waals surface area contributed by atoms with E-state index >= 15 is 0 Å². The predicted octanol–water partition coefficient (Wildman–Crippen LogP) is 1.19. The third-order valence-electron chi connectivity index (χ3n) is 4.74. The van der Waals surface area contributed by atoms with Crippen molar-refractivity contribution in [2.75, 3.05) is 18.1 Å². The zero-order valence-electron chi connectivity index (χ0n) is 13.6. The Kier molecular flexibility index (Phi) is 3.38. The van der Waals surface area contributed by atoms with E-state index in [1.165, 1.54) is 12.0 Å². The fraction of sp³-hybridized carbons (Fsp3) is 0.353. The number of amidine groups is 1. The number of nitrogens with zero attached hydrogens (tertiary/aromatic N) is 4. The first-order chi connectivity index (χ1) is 11.6. The lowest BCUT2D eigenvalue weighted by molar-refractivity contribution is -0.122. The summed E-state index contributed by atoms with van der Waals surface area (Å²) in [6.07, 6.45) is 0.779. The Morgan fingerprint density at radius 2 is 2.17 bits per heavy atom. The van der Waals surface area contributed by atoms with Gasteiger partial charge >= 0.3 is 0 Å². The Morgan fingerprint density at radius 3 is 3.00 bits per heavy atom. The number of nitrogens with two attached hydrogens (primary N) is 1. The van der Waals surface area contributed by atoms with E-state index in [2.05, 4.69) is 27.5 Å². The minimum absolute atomic E-state index is 0.123. The number of aryl methyl sites for hydroxylation is 2. The second kappa shape index (κ2) is 5.45. The highest BCUT2D eigenvalue weighted by molar-refractivity contribution is 6.12. The van der Waals surface area contributed by atoms with Crippen LogP contribution in [0.4, 0.5) is 5.69 Å². The lowest BCUT2D eigenvalue weighted by Gasteiger charge is -2.26. The zero-order chi connectivity index (χ0) is 16.8. The molecule has 2 aliphatic rings. The largest absolute Gasteiger partial charge is 0.386 e. The van der Waals surface area contributed by atoms with Crippen molar-refractivity contribution < 1.29 is 9.53 Å². The molecule has 0 bridgehead atoms. The molecule has 0 radical (unpaired) electrons. The van der Waals surface area contributed by atoms with Gasteiger partial charge in [-0.25, -0.2) is 9.98 Å². The topological polar surface area (TPSA) is 85.2 Å². The molecule has 1 saturated heterocycles. The van der Waals surface area contributed by atoms with Crippen LogP contribution in [0.1, 0.15) is 5.69 Å². The first-order valence-corrected chi connectivity index (χ1v) is 7.90. The third kappa shape index (κ3) is 2.20. The standard InChI is InChI=1S/C17H19N5O2/c1-10-7-11-8-12(3-4-13(11)21(10)2)22-5-6-24-16-14(17(22)23)15(18)19-9-20-16/h3-4,7-9,14,16H,5-6H2,1-2H3,(H2,18,19,20). The molecule has 4 rings (SSSR count). The fourth-order valence-electron chi connectivity index (χ4n) is 3.31. The van der Waals surface area contributed by atoms with Gasteiger partial charge in [-0.2, -0.15) is 0 Å². The molecule has 7 heteroatoms. The Hall–Kier alpha value is -2.67. The number of carbonyl (C=O) groups excluding carboxylic acids is 1. The van der Waals surface area contributed by atoms with Crippen molar-refractivity contribution in [2.24, 2.45) is 28.7 Å². The normalized spacial score (nSPS) is 24.0. The second-order valence-electron chi connectivity index (χ2n) is 6.14. The Labute approximate surface area is 139 Å². The highest BCUT2D eigenvalue weighted by Gasteiger charge is 2.39. The van der Waals surface area contributed by atoms with Crippen LogP contribution < -0.4 is 10.6 Å². The molecule has 2 atom stereocenters. The summed E-state index contributed by atoms with van der Waals surface area (Å²) in [5, 5.41) is 1.10. The van der Waals surface area contributed by atoms with E-state index in [1.807, 2.05) is 25.2 Å². The molecule has 0 aliphatic carbocycles. The first-order valence-electron chi connectivity index (χ1n) is 7.90. The number of benzene rings is 1. The van der Waals surface area contributed by atoms with Gasteiger partial charge in [0.2, 0.25) is 5.91 Å². The van der Waals surface area contributed by atoms with Gasteiger partial charge in [0.25, 0.3) is 0 Å². The quantitative estimate of drug-likeness (QED) is 0.854. The van der Waals surface area contributed by atoms with Crippen LogP contribution >= 0.6 is 0 Å². The van der Waals surface area contributed by atoms with Gasteiger partial charge in [0.05, 0.1) is 6.61 Å². The van der Waals surface area contributed by atoms with Crippen LogP contribution in [0.3, 0.4) is 0 Å². The van der Waals surface area contributed by atoms with Gasteiger partial charge in [0, 0.05) is 35.9 Å². The van der Waals surface area contributed by atoms with Crippen molar-refractivity contribution in [2.45, 2.75) is 13.2 Å². The molecule has 2 aromatic rings. The number of aromatic nitrogens is 1. The summed E-state index contributed by atoms with van der Waals surface area (Å²) in [5.74, 6) is -0.531. The number of hydrogen-bond acceptors (Lipinski definition) is 5. The Bertz CT molecular complexity index is 882. The number of aliphatic imine (C=N–C) groups is 2. The van der Waals surface area contributed by atoms with Gasteiger partial charge in [0.15, 0.2) is 6.23 Å². The number of hydrogen-bond donors (Lipinski definition) is 1. The van der Waals surface area contributed by atoms with Crippen LogP contribution in [0.2, 0.25) is 0 Å². The molecule has 1 amide bonds. The number of ether oxygens (including phenoxy) is 1. The maximum Gasteiger partial charge on any atom is 0.242 e. The second-order valence-corrected chi connectivity index (χ2v) is 6.14. The predicted molar refractivity (Wildman–Crippen MR) is 93.4 cm³/mol. The maximum absolute atomic E-state index is 13.0. The Morgan fingerprint density at radius 1 is 1.33 bits per heavy atom. The van der Waals surface area contributed by atoms with Crippen LogP contribution in [0.25, 0.3) is 10.9 Å². The number of amides is 1. The molecule has 7 nitrogen and oxygen atoms in total. The highest BCUT2D eigenvalue weighted by Crippen LogP contribution is 2.28. The molecule has 2 aliphatic heterocycles. The molecule has 1 fully saturated rings. The maximum atomic E-state index is 13.0. The third-order valence-corrected chi connectivity index (χ3v) is 4.74. The average Bonchev–Trinajstić information content (AvgIpc) is 2.74. The van der Waals surface area contributed by atoms with Crippen LogP contribution in [0.15, 0.2) is 34.3 Å². The molecule has 2 N–H and O–H groups in total. The summed E-state index contributed by atoms with van der Waals surface area (Å²) in [6, 6.07) is 8.13. The summed E-state index contributed by atoms with van der Waals surface area (Å²) >= 11 is 0. The molecule has 0 spiro atoms. The summed E-state index contributed by atoms with van der Waals surface area (Å²) in [7, 11) is 2.03. The van der Waals surface area contributed by atoms with Gasteiger partial charge in [-0.15, -0.1) is 0 Å². The molecule has 1 aromatic heterocycles. The molecule has 1 aromatic carbocycles. The smallest absolute Gasteiger partial charge is 0.242 e. The van der Waals surface area contributed by atoms with E-state index in [-0.39, 0.29) is 11.7 Å². The first kappa shape index (κ1) is 14.9. The lowest BCUT2D eigenvalue weighted by Crippen LogP contribution is -2.46. The van der Waals surface area contributed by atoms with Crippen LogP contribution in [-0.2, 0) is 16.6 Å². The van der Waals surface area contributed by atoms with E-state index in [4.69, 9.17) is 10.5 Å². The minimum Gasteiger partial charge on any atom is -0.386 e. The molecule has 0 saturated carbocycles. The molecular formula is C17H19N5O2. The van der Waals surface area contributed by atoms with Gasteiger partial charge in [-0.1, -0.05) is 0 Å². The summed E-state index contributed by atoms with van der Waals surface area (Å²) in [5.41, 5.74) is 9.08. The van der Waals surface area contributed by atoms with Crippen molar-refractivity contribution >= 4 is 34.7 Å². The fourth-order valence-corrected chi connectivity index (χ4v) is 3.31. The van der Waals surface area contributed by atoms with Crippen molar-refractivity contribution in [1.82, 2.24) is 4.57 Å². The highest BCUT2D eigenvalue weighted by atomic mass is 16.5. The molecule has 124 valence electrons. The summed E-state index contributed by atoms with van der Waals surface area (Å²) in [4.78, 5) is 22.8. The molecule has 2 unspecified atom stereocenters. The number of carbonyl (C=O) groups is 1. The van der Waals surface area contributed by atoms with Crippen LogP contribution in [0.5, 0.6) is 0 Å². The lowest BCUT2D eigenvalue weighted by atomic mass is 10.0. The van der Waals surface area contributed by atoms with Gasteiger partial charge in [-0.05, 0) is 31.2 Å². The number of fused-ring (bicyclic) bond motifs is 2. The average molecular weight is 325 g/mol. The van der Waals surface area contributed by atoms with E-state index in [1.54, 1.807) is 4.90 Å². The van der Waals surface area contributed by atoms with Gasteiger partial charge in [-0.3, -0.25) is 4.79 Å². The summed E-state index contributed by atoms with van der Waals surface area (Å²) < 4.78 is 7.81. The SMILES string of the molecule is Cc1cc2cc(N3CCOC4N=CN=C(N)C4C3=O)ccc2n1C. The van der Waals surface area contributed by atoms with Crippen molar-refractivity contribution in [1.29, 1.82) is 0 Å². The van der Waals surface area contributed by atoms with Crippen LogP contribution in [0, 0.1) is 12.8 Å². The number of anilines is 1. The molecular weight excluding hydrogens is 306 g/mol. The van der Waals surface area contributed by atoms with Crippen molar-refractivity contribution in [3.63, 3.8) is 0 Å². The van der Waals surface area contributed by atoms with E-state index in [0.717, 1.165) is 16.6 Å². The monoisotopic (exact) mass is 325 g/mol. The van der Waals surface area contributed by atoms with Crippen LogP contribution in [-0.4, -0.2) is 42.0 Å². The molecule has 3 heterocycles. The van der Waals surface area contributed by atoms with Gasteiger partial charge in [0.1, 0.15) is 18.1 Å². The Balaban J connectivity index is 1.74. The van der Waals surface area contributed by atoms with E-state index in [0.29, 0.717) is 13.2 Å². The minimum atomic E-state index is -0.661. The molecule has 24 heavy (non-hydrogen) atoms. The van der Waals surface area contributed by atoms with Crippen molar-refractivity contribution in [3.05, 3.63) is 30.0 Å². The zero-order valence-corrected chi connectivity index (χ0v) is 13.6. The number of rotatable bonds is 1. The van der Waals surface area contributed by atoms with Gasteiger partial charge < -0.3 is 19.9 Å². The van der Waals surface area contributed by atoms with E-state index < -0.39 is 12.1 Å².